The van der Waals surface area contributed by atoms with Gasteiger partial charge in [-0.2, -0.15) is 0 Å². The van der Waals surface area contributed by atoms with Crippen molar-refractivity contribution in [1.82, 2.24) is 0 Å². The topological polar surface area (TPSA) is 20.2 Å². The molecule has 0 bridgehead atoms. The molecule has 1 N–H and O–H groups in total. The average Bonchev–Trinajstić information content (AvgIpc) is 2.20. The third-order valence-corrected chi connectivity index (χ3v) is 1.82. The SMILES string of the molecule is OC1=C=C=C(c2ccccc2)C=C1. The smallest absolute Gasteiger partial charge is 0.167 e. The van der Waals surface area contributed by atoms with E-state index in [0.717, 1.165) is 11.1 Å². The summed E-state index contributed by atoms with van der Waals surface area (Å²) in [5.41, 5.74) is 7.53. The number of allylic oxidation sites excluding steroid dienone is 3. The van der Waals surface area contributed by atoms with Gasteiger partial charge in [0.15, 0.2) is 5.76 Å². The molecule has 0 heterocycles. The molecule has 0 atom stereocenters. The first kappa shape index (κ1) is 7.70. The van der Waals surface area contributed by atoms with Crippen LogP contribution in [0, 0.1) is 0 Å². The molecule has 62 valence electrons. The summed E-state index contributed by atoms with van der Waals surface area (Å²) in [6, 6.07) is 9.90. The zero-order chi connectivity index (χ0) is 9.10. The molecule has 1 aromatic carbocycles. The summed E-state index contributed by atoms with van der Waals surface area (Å²) in [6.45, 7) is 0. The third-order valence-electron chi connectivity index (χ3n) is 1.82. The third kappa shape index (κ3) is 1.62. The maximum absolute atomic E-state index is 9.02. The summed E-state index contributed by atoms with van der Waals surface area (Å²) in [6.07, 6.45) is 3.43. The maximum atomic E-state index is 9.02. The van der Waals surface area contributed by atoms with Crippen molar-refractivity contribution in [2.75, 3.05) is 0 Å². The lowest BCUT2D eigenvalue weighted by molar-refractivity contribution is 0.434. The van der Waals surface area contributed by atoms with Crippen molar-refractivity contribution in [2.45, 2.75) is 0 Å². The molecule has 1 heteroatoms. The van der Waals surface area contributed by atoms with E-state index in [1.54, 1.807) is 6.08 Å². The van der Waals surface area contributed by atoms with Crippen molar-refractivity contribution < 1.29 is 5.11 Å². The Balaban J connectivity index is 2.52. The van der Waals surface area contributed by atoms with Crippen LogP contribution >= 0.6 is 0 Å². The second kappa shape index (κ2) is 3.20. The van der Waals surface area contributed by atoms with Crippen LogP contribution in [0.2, 0.25) is 0 Å². The maximum Gasteiger partial charge on any atom is 0.167 e. The van der Waals surface area contributed by atoms with Crippen LogP contribution < -0.4 is 0 Å². The lowest BCUT2D eigenvalue weighted by Crippen LogP contribution is -1.81. The van der Waals surface area contributed by atoms with E-state index in [4.69, 9.17) is 5.11 Å². The second-order valence-electron chi connectivity index (χ2n) is 2.75. The molecule has 13 heavy (non-hydrogen) atoms. The van der Waals surface area contributed by atoms with E-state index in [1.165, 1.54) is 0 Å². The molecule has 0 spiro atoms. The van der Waals surface area contributed by atoms with Crippen molar-refractivity contribution in [3.63, 3.8) is 0 Å². The lowest BCUT2D eigenvalue weighted by atomic mass is 10.1. The number of aliphatic hydroxyl groups excluding tert-OH is 1. The Kier molecular flexibility index (Phi) is 1.90. The lowest BCUT2D eigenvalue weighted by Gasteiger charge is -1.99. The van der Waals surface area contributed by atoms with Crippen LogP contribution in [0.5, 0.6) is 0 Å². The Bertz CT molecular complexity index is 439. The van der Waals surface area contributed by atoms with Gasteiger partial charge >= 0.3 is 0 Å². The molecule has 0 amide bonds. The normalized spacial score (nSPS) is 13.8. The monoisotopic (exact) mass is 168 g/mol. The van der Waals surface area contributed by atoms with Crippen molar-refractivity contribution >= 4 is 5.57 Å². The standard InChI is InChI=1S/C12H8O/c13-12-8-6-11(7-9-12)10-4-2-1-3-5-10/h1-6,8,13H. The summed E-state index contributed by atoms with van der Waals surface area (Å²) < 4.78 is 0. The van der Waals surface area contributed by atoms with E-state index >= 15 is 0 Å². The van der Waals surface area contributed by atoms with Crippen molar-refractivity contribution in [3.8, 4) is 0 Å². The van der Waals surface area contributed by atoms with Crippen LogP contribution in [0.3, 0.4) is 0 Å². The number of benzene rings is 1. The van der Waals surface area contributed by atoms with Crippen LogP contribution in [-0.2, 0) is 0 Å². The van der Waals surface area contributed by atoms with Crippen molar-refractivity contribution in [3.05, 3.63) is 65.3 Å². The highest BCUT2D eigenvalue weighted by atomic mass is 16.3. The molecule has 0 aliphatic heterocycles. The number of rotatable bonds is 1. The largest absolute Gasteiger partial charge is 0.501 e. The van der Waals surface area contributed by atoms with Crippen molar-refractivity contribution in [2.24, 2.45) is 0 Å². The van der Waals surface area contributed by atoms with Gasteiger partial charge in [0.25, 0.3) is 0 Å². The molecule has 0 fully saturated rings. The fraction of sp³-hybridized carbons (Fsp3) is 0. The minimum atomic E-state index is 0.125. The predicted octanol–water partition coefficient (Wildman–Crippen LogP) is 2.84. The molecule has 0 saturated carbocycles. The van der Waals surface area contributed by atoms with Gasteiger partial charge in [-0.05, 0) is 23.4 Å². The fourth-order valence-corrected chi connectivity index (χ4v) is 1.16. The number of hydrogen-bond donors (Lipinski definition) is 1. The Morgan fingerprint density at radius 2 is 1.69 bits per heavy atom. The molecule has 0 aromatic heterocycles. The summed E-state index contributed by atoms with van der Waals surface area (Å²) in [7, 11) is 0. The number of hydrogen-bond acceptors (Lipinski definition) is 1. The highest BCUT2D eigenvalue weighted by molar-refractivity contribution is 5.74. The van der Waals surface area contributed by atoms with Gasteiger partial charge in [-0.15, -0.1) is 0 Å². The summed E-state index contributed by atoms with van der Waals surface area (Å²) in [5.74, 6) is 0.125. The quantitative estimate of drug-likeness (QED) is 0.639. The Hall–Kier alpha value is -1.94. The van der Waals surface area contributed by atoms with E-state index in [0.29, 0.717) is 0 Å². The van der Waals surface area contributed by atoms with Crippen LogP contribution in [0.25, 0.3) is 5.57 Å². The Labute approximate surface area is 76.7 Å². The minimum absolute atomic E-state index is 0.125. The number of aliphatic hydroxyl groups is 1. The van der Waals surface area contributed by atoms with Gasteiger partial charge in [-0.3, -0.25) is 0 Å². The zero-order valence-corrected chi connectivity index (χ0v) is 6.99. The Morgan fingerprint density at radius 3 is 2.31 bits per heavy atom. The highest BCUT2D eigenvalue weighted by Gasteiger charge is 1.97. The molecular weight excluding hydrogens is 160 g/mol. The van der Waals surface area contributed by atoms with Gasteiger partial charge in [0.2, 0.25) is 0 Å². The van der Waals surface area contributed by atoms with Gasteiger partial charge in [-0.25, -0.2) is 0 Å². The first-order chi connectivity index (χ1) is 6.36. The molecule has 0 radical (unpaired) electrons. The molecule has 0 saturated heterocycles. The summed E-state index contributed by atoms with van der Waals surface area (Å²) in [5, 5.41) is 9.02. The molecule has 1 aliphatic rings. The molecule has 0 unspecified atom stereocenters. The molecule has 1 nitrogen and oxygen atoms in total. The summed E-state index contributed by atoms with van der Waals surface area (Å²) >= 11 is 0. The molecule has 2 rings (SSSR count). The van der Waals surface area contributed by atoms with Gasteiger partial charge in [-0.1, -0.05) is 36.1 Å². The van der Waals surface area contributed by atoms with E-state index in [2.05, 4.69) is 11.5 Å². The van der Waals surface area contributed by atoms with Crippen LogP contribution in [0.4, 0.5) is 0 Å². The van der Waals surface area contributed by atoms with Crippen LogP contribution in [0.1, 0.15) is 5.56 Å². The predicted molar refractivity (Wildman–Crippen MR) is 52.2 cm³/mol. The van der Waals surface area contributed by atoms with Gasteiger partial charge in [0.1, 0.15) is 0 Å². The zero-order valence-electron chi connectivity index (χ0n) is 6.99. The van der Waals surface area contributed by atoms with Gasteiger partial charge < -0.3 is 5.11 Å². The van der Waals surface area contributed by atoms with Gasteiger partial charge in [0.05, 0.1) is 0 Å². The highest BCUT2D eigenvalue weighted by Crippen LogP contribution is 2.16. The minimum Gasteiger partial charge on any atom is -0.501 e. The van der Waals surface area contributed by atoms with Crippen molar-refractivity contribution in [1.29, 1.82) is 0 Å². The summed E-state index contributed by atoms with van der Waals surface area (Å²) in [4.78, 5) is 0. The van der Waals surface area contributed by atoms with E-state index in [-0.39, 0.29) is 5.76 Å². The second-order valence-corrected chi connectivity index (χ2v) is 2.75. The van der Waals surface area contributed by atoms with E-state index in [1.807, 2.05) is 36.4 Å². The van der Waals surface area contributed by atoms with E-state index < -0.39 is 0 Å². The average molecular weight is 168 g/mol. The van der Waals surface area contributed by atoms with Crippen LogP contribution in [-0.4, -0.2) is 5.11 Å². The molecule has 1 aromatic rings. The molecule has 1 aliphatic carbocycles. The van der Waals surface area contributed by atoms with Gasteiger partial charge in [0, 0.05) is 5.57 Å². The van der Waals surface area contributed by atoms with E-state index in [9.17, 15) is 0 Å². The molecular formula is C12H8O. The Morgan fingerprint density at radius 1 is 0.923 bits per heavy atom. The first-order valence-corrected chi connectivity index (χ1v) is 4.04. The van der Waals surface area contributed by atoms with Crippen LogP contribution in [0.15, 0.2) is 59.7 Å². The fourth-order valence-electron chi connectivity index (χ4n) is 1.16. The first-order valence-electron chi connectivity index (χ1n) is 4.04.